The topological polar surface area (TPSA) is 47.1 Å². The highest BCUT2D eigenvalue weighted by molar-refractivity contribution is 5.48. The fourth-order valence-corrected chi connectivity index (χ4v) is 2.20. The van der Waals surface area contributed by atoms with Gasteiger partial charge in [-0.3, -0.25) is 4.90 Å². The minimum atomic E-state index is 0.656. The average molecular weight is 214 g/mol. The van der Waals surface area contributed by atoms with Crippen LogP contribution in [0.15, 0.2) is 30.3 Å². The molecular weight excluding hydrogens is 200 g/mol. The Balaban J connectivity index is 2.14. The van der Waals surface area contributed by atoms with E-state index in [-0.39, 0.29) is 0 Å². The van der Waals surface area contributed by atoms with Gasteiger partial charge in [-0.05, 0) is 19.2 Å². The summed E-state index contributed by atoms with van der Waals surface area (Å²) >= 11 is 0. The zero-order chi connectivity index (χ0) is 11.1. The second-order valence-corrected chi connectivity index (χ2v) is 4.23. The van der Waals surface area contributed by atoms with Gasteiger partial charge in [-0.1, -0.05) is 18.2 Å². The largest absolute Gasteiger partial charge is 0.382 e. The van der Waals surface area contributed by atoms with Crippen LogP contribution in [0.5, 0.6) is 0 Å². The minimum Gasteiger partial charge on any atom is -0.382 e. The molecule has 1 aliphatic rings. The molecule has 2 N–H and O–H groups in total. The van der Waals surface area contributed by atoms with Crippen LogP contribution in [0.3, 0.4) is 0 Å². The molecule has 3 rings (SSSR count). The van der Waals surface area contributed by atoms with E-state index in [9.17, 15) is 0 Å². The summed E-state index contributed by atoms with van der Waals surface area (Å²) in [7, 11) is 2.09. The van der Waals surface area contributed by atoms with Gasteiger partial charge in [0, 0.05) is 18.7 Å². The zero-order valence-electron chi connectivity index (χ0n) is 9.22. The standard InChI is InChI=1S/C12H14N4/c1-15-7-10-11(8-15)16(14-12(10)13)9-5-3-2-4-6-9/h2-6H,7-8H2,1H3,(H2,13,14). The molecule has 1 aromatic carbocycles. The normalized spacial score (nSPS) is 15.3. The van der Waals surface area contributed by atoms with Gasteiger partial charge in [-0.2, -0.15) is 5.10 Å². The Labute approximate surface area is 94.3 Å². The molecule has 0 atom stereocenters. The quantitative estimate of drug-likeness (QED) is 0.780. The second kappa shape index (κ2) is 3.35. The van der Waals surface area contributed by atoms with Crippen molar-refractivity contribution in [3.8, 4) is 5.69 Å². The molecule has 0 saturated heterocycles. The molecule has 0 amide bonds. The van der Waals surface area contributed by atoms with E-state index in [1.165, 1.54) is 11.3 Å². The number of aromatic nitrogens is 2. The van der Waals surface area contributed by atoms with Crippen molar-refractivity contribution in [1.29, 1.82) is 0 Å². The summed E-state index contributed by atoms with van der Waals surface area (Å²) in [6, 6.07) is 10.1. The van der Waals surface area contributed by atoms with Crippen molar-refractivity contribution in [2.75, 3.05) is 12.8 Å². The summed E-state index contributed by atoms with van der Waals surface area (Å²) in [5, 5.41) is 4.40. The van der Waals surface area contributed by atoms with Crippen LogP contribution < -0.4 is 5.73 Å². The lowest BCUT2D eigenvalue weighted by atomic mass is 10.2. The molecule has 0 radical (unpaired) electrons. The molecule has 0 aliphatic carbocycles. The Hall–Kier alpha value is -1.81. The molecule has 1 aromatic heterocycles. The first-order valence-electron chi connectivity index (χ1n) is 5.36. The van der Waals surface area contributed by atoms with Crippen molar-refractivity contribution in [3.63, 3.8) is 0 Å². The molecule has 4 nitrogen and oxygen atoms in total. The van der Waals surface area contributed by atoms with E-state index in [0.29, 0.717) is 5.82 Å². The number of hydrogen-bond acceptors (Lipinski definition) is 3. The summed E-state index contributed by atoms with van der Waals surface area (Å²) in [5.41, 5.74) is 9.40. The molecular formula is C12H14N4. The number of nitrogen functional groups attached to an aromatic ring is 1. The lowest BCUT2D eigenvalue weighted by Crippen LogP contribution is -2.12. The van der Waals surface area contributed by atoms with Gasteiger partial charge in [0.2, 0.25) is 0 Å². The summed E-state index contributed by atoms with van der Waals surface area (Å²) in [5.74, 6) is 0.656. The second-order valence-electron chi connectivity index (χ2n) is 4.23. The number of rotatable bonds is 1. The van der Waals surface area contributed by atoms with Gasteiger partial charge in [-0.25, -0.2) is 4.68 Å². The third-order valence-corrected chi connectivity index (χ3v) is 2.97. The van der Waals surface area contributed by atoms with Crippen LogP contribution in [-0.4, -0.2) is 21.7 Å². The number of fused-ring (bicyclic) bond motifs is 1. The SMILES string of the molecule is CN1Cc2c(N)nn(-c3ccccc3)c2C1. The first-order chi connectivity index (χ1) is 7.75. The molecule has 0 unspecified atom stereocenters. The van der Waals surface area contributed by atoms with E-state index in [1.807, 2.05) is 35.0 Å². The zero-order valence-corrected chi connectivity index (χ0v) is 9.22. The van der Waals surface area contributed by atoms with Crippen LogP contribution >= 0.6 is 0 Å². The average Bonchev–Trinajstić information content (AvgIpc) is 2.80. The van der Waals surface area contributed by atoms with Gasteiger partial charge in [0.05, 0.1) is 11.4 Å². The van der Waals surface area contributed by atoms with Gasteiger partial charge in [0.1, 0.15) is 0 Å². The number of nitrogens with zero attached hydrogens (tertiary/aromatic N) is 3. The molecule has 0 saturated carbocycles. The number of para-hydroxylation sites is 1. The smallest absolute Gasteiger partial charge is 0.150 e. The first kappa shape index (κ1) is 9.42. The van der Waals surface area contributed by atoms with Gasteiger partial charge in [-0.15, -0.1) is 0 Å². The molecule has 0 bridgehead atoms. The van der Waals surface area contributed by atoms with Crippen molar-refractivity contribution in [3.05, 3.63) is 41.6 Å². The molecule has 4 heteroatoms. The van der Waals surface area contributed by atoms with Crippen LogP contribution in [0.1, 0.15) is 11.3 Å². The van der Waals surface area contributed by atoms with Crippen molar-refractivity contribution in [2.24, 2.45) is 0 Å². The van der Waals surface area contributed by atoms with Crippen LogP contribution in [0.25, 0.3) is 5.69 Å². The minimum absolute atomic E-state index is 0.656. The molecule has 16 heavy (non-hydrogen) atoms. The Bertz CT molecular complexity index is 515. The monoisotopic (exact) mass is 214 g/mol. The number of hydrogen-bond donors (Lipinski definition) is 1. The van der Waals surface area contributed by atoms with Gasteiger partial charge in [0.25, 0.3) is 0 Å². The third-order valence-electron chi connectivity index (χ3n) is 2.97. The molecule has 2 aromatic rings. The molecule has 82 valence electrons. The number of anilines is 1. The highest BCUT2D eigenvalue weighted by atomic mass is 15.3. The van der Waals surface area contributed by atoms with E-state index >= 15 is 0 Å². The Morgan fingerprint density at radius 1 is 1.19 bits per heavy atom. The van der Waals surface area contributed by atoms with E-state index in [2.05, 4.69) is 17.0 Å². The van der Waals surface area contributed by atoms with Crippen LogP contribution in [0.4, 0.5) is 5.82 Å². The van der Waals surface area contributed by atoms with Crippen molar-refractivity contribution in [1.82, 2.24) is 14.7 Å². The van der Waals surface area contributed by atoms with E-state index in [1.54, 1.807) is 0 Å². The highest BCUT2D eigenvalue weighted by Crippen LogP contribution is 2.28. The highest BCUT2D eigenvalue weighted by Gasteiger charge is 2.24. The van der Waals surface area contributed by atoms with Crippen LogP contribution in [0.2, 0.25) is 0 Å². The van der Waals surface area contributed by atoms with E-state index in [0.717, 1.165) is 18.8 Å². The van der Waals surface area contributed by atoms with E-state index in [4.69, 9.17) is 5.73 Å². The van der Waals surface area contributed by atoms with E-state index < -0.39 is 0 Å². The summed E-state index contributed by atoms with van der Waals surface area (Å²) < 4.78 is 1.95. The Morgan fingerprint density at radius 3 is 2.69 bits per heavy atom. The fourth-order valence-electron chi connectivity index (χ4n) is 2.20. The van der Waals surface area contributed by atoms with Gasteiger partial charge >= 0.3 is 0 Å². The van der Waals surface area contributed by atoms with Gasteiger partial charge < -0.3 is 5.73 Å². The maximum absolute atomic E-state index is 5.93. The summed E-state index contributed by atoms with van der Waals surface area (Å²) in [4.78, 5) is 2.24. The number of nitrogens with two attached hydrogens (primary N) is 1. The Kier molecular flexibility index (Phi) is 1.97. The molecule has 2 heterocycles. The molecule has 0 fully saturated rings. The van der Waals surface area contributed by atoms with Crippen molar-refractivity contribution >= 4 is 5.82 Å². The lowest BCUT2D eigenvalue weighted by Gasteiger charge is -2.08. The maximum Gasteiger partial charge on any atom is 0.150 e. The fraction of sp³-hybridized carbons (Fsp3) is 0.250. The first-order valence-corrected chi connectivity index (χ1v) is 5.36. The van der Waals surface area contributed by atoms with Crippen LogP contribution in [-0.2, 0) is 13.1 Å². The summed E-state index contributed by atoms with van der Waals surface area (Å²) in [6.45, 7) is 1.81. The van der Waals surface area contributed by atoms with Crippen LogP contribution in [0, 0.1) is 0 Å². The summed E-state index contributed by atoms with van der Waals surface area (Å²) in [6.07, 6.45) is 0. The Morgan fingerprint density at radius 2 is 1.94 bits per heavy atom. The predicted molar refractivity (Wildman–Crippen MR) is 63.1 cm³/mol. The maximum atomic E-state index is 5.93. The third kappa shape index (κ3) is 1.31. The predicted octanol–water partition coefficient (Wildman–Crippen LogP) is 1.40. The number of benzene rings is 1. The van der Waals surface area contributed by atoms with Gasteiger partial charge in [0.15, 0.2) is 5.82 Å². The van der Waals surface area contributed by atoms with Crippen molar-refractivity contribution in [2.45, 2.75) is 13.1 Å². The molecule has 1 aliphatic heterocycles. The molecule has 0 spiro atoms. The lowest BCUT2D eigenvalue weighted by molar-refractivity contribution is 0.346. The van der Waals surface area contributed by atoms with Crippen molar-refractivity contribution < 1.29 is 0 Å².